The summed E-state index contributed by atoms with van der Waals surface area (Å²) in [6, 6.07) is 0. The average molecular weight is 269 g/mol. The molecule has 7 heteroatoms. The van der Waals surface area contributed by atoms with E-state index >= 15 is 0 Å². The second-order valence-corrected chi connectivity index (χ2v) is 6.02. The highest BCUT2D eigenvalue weighted by atomic mass is 32.1. The quantitative estimate of drug-likeness (QED) is 0.872. The molecule has 0 radical (unpaired) electrons. The van der Waals surface area contributed by atoms with E-state index in [-0.39, 0.29) is 5.91 Å². The molecule has 0 saturated carbocycles. The van der Waals surface area contributed by atoms with Gasteiger partial charge >= 0.3 is 0 Å². The number of hydrogen-bond acceptors (Lipinski definition) is 6. The zero-order chi connectivity index (χ0) is 13.3. The maximum absolute atomic E-state index is 12.1. The number of amides is 1. The topological polar surface area (TPSA) is 61.4 Å². The van der Waals surface area contributed by atoms with E-state index in [1.807, 2.05) is 27.9 Å². The summed E-state index contributed by atoms with van der Waals surface area (Å²) in [5, 5.41) is 12.9. The fraction of sp³-hybridized carbons (Fsp3) is 0.727. The normalized spacial score (nSPS) is 20.2. The summed E-state index contributed by atoms with van der Waals surface area (Å²) in [4.78, 5) is 16.1. The molecular formula is C11H19N5OS. The van der Waals surface area contributed by atoms with E-state index in [1.54, 1.807) is 4.90 Å². The minimum absolute atomic E-state index is 0.159. The molecule has 1 fully saturated rings. The lowest BCUT2D eigenvalue weighted by molar-refractivity contribution is -0.147. The van der Waals surface area contributed by atoms with Gasteiger partial charge in [-0.3, -0.25) is 9.69 Å². The van der Waals surface area contributed by atoms with Gasteiger partial charge in [-0.1, -0.05) is 11.3 Å². The van der Waals surface area contributed by atoms with Crippen LogP contribution in [0.1, 0.15) is 18.9 Å². The summed E-state index contributed by atoms with van der Waals surface area (Å²) in [7, 11) is 3.68. The van der Waals surface area contributed by atoms with Crippen LogP contribution in [0.25, 0.3) is 0 Å². The smallest absolute Gasteiger partial charge is 0.242 e. The Morgan fingerprint density at radius 1 is 1.39 bits per heavy atom. The number of anilines is 1. The number of piperazine rings is 1. The maximum atomic E-state index is 12.1. The number of carbonyl (C=O) groups excluding carboxylic acids is 1. The number of hydrogen-bond donors (Lipinski definition) is 1. The molecular weight excluding hydrogens is 250 g/mol. The lowest BCUT2D eigenvalue weighted by Gasteiger charge is -2.44. The number of nitrogens with one attached hydrogen (secondary N) is 1. The molecule has 1 saturated heterocycles. The molecule has 0 spiro atoms. The van der Waals surface area contributed by atoms with Crippen LogP contribution in [-0.2, 0) is 11.3 Å². The molecule has 1 aromatic heterocycles. The Balaban J connectivity index is 2.11. The maximum Gasteiger partial charge on any atom is 0.242 e. The highest BCUT2D eigenvalue weighted by Crippen LogP contribution is 2.25. The van der Waals surface area contributed by atoms with Gasteiger partial charge in [-0.2, -0.15) is 0 Å². The number of carbonyl (C=O) groups is 1. The van der Waals surface area contributed by atoms with Gasteiger partial charge < -0.3 is 10.2 Å². The second-order valence-electron chi connectivity index (χ2n) is 4.96. The number of aromatic nitrogens is 2. The first-order valence-corrected chi connectivity index (χ1v) is 6.77. The third-order valence-corrected chi connectivity index (χ3v) is 4.30. The predicted octanol–water partition coefficient (Wildman–Crippen LogP) is 0.632. The third-order valence-electron chi connectivity index (χ3n) is 3.37. The fourth-order valence-corrected chi connectivity index (χ4v) is 2.82. The number of rotatable bonds is 3. The molecule has 0 atom stereocenters. The molecule has 0 unspecified atom stereocenters. The zero-order valence-electron chi connectivity index (χ0n) is 11.2. The van der Waals surface area contributed by atoms with Gasteiger partial charge in [-0.15, -0.1) is 10.2 Å². The minimum atomic E-state index is -0.474. The molecule has 100 valence electrons. The van der Waals surface area contributed by atoms with Crippen LogP contribution < -0.4 is 5.32 Å². The molecule has 1 amide bonds. The van der Waals surface area contributed by atoms with Crippen LogP contribution in [0.4, 0.5) is 5.13 Å². The predicted molar refractivity (Wildman–Crippen MR) is 71.6 cm³/mol. The van der Waals surface area contributed by atoms with Gasteiger partial charge in [0.25, 0.3) is 0 Å². The summed E-state index contributed by atoms with van der Waals surface area (Å²) in [6.45, 7) is 6.23. The van der Waals surface area contributed by atoms with E-state index in [1.165, 1.54) is 11.3 Å². The highest BCUT2D eigenvalue weighted by Gasteiger charge is 2.40. The van der Waals surface area contributed by atoms with Gasteiger partial charge in [0, 0.05) is 27.2 Å². The summed E-state index contributed by atoms with van der Waals surface area (Å²) >= 11 is 1.53. The first-order chi connectivity index (χ1) is 8.45. The van der Waals surface area contributed by atoms with Crippen LogP contribution >= 0.6 is 11.3 Å². The average Bonchev–Trinajstić information content (AvgIpc) is 2.78. The first-order valence-electron chi connectivity index (χ1n) is 5.96. The van der Waals surface area contributed by atoms with Crippen LogP contribution in [0.15, 0.2) is 0 Å². The minimum Gasteiger partial charge on any atom is -0.363 e. The number of nitrogens with zero attached hydrogens (tertiary/aromatic N) is 4. The van der Waals surface area contributed by atoms with E-state index in [4.69, 9.17) is 0 Å². The summed E-state index contributed by atoms with van der Waals surface area (Å²) in [5.41, 5.74) is -0.474. The van der Waals surface area contributed by atoms with E-state index in [0.29, 0.717) is 6.54 Å². The van der Waals surface area contributed by atoms with Crippen molar-refractivity contribution in [2.75, 3.05) is 32.5 Å². The van der Waals surface area contributed by atoms with Crippen molar-refractivity contribution >= 4 is 22.4 Å². The van der Waals surface area contributed by atoms with Crippen LogP contribution in [0, 0.1) is 0 Å². The van der Waals surface area contributed by atoms with Crippen molar-refractivity contribution in [3.05, 3.63) is 5.01 Å². The molecule has 0 bridgehead atoms. The monoisotopic (exact) mass is 269 g/mol. The molecule has 0 aliphatic carbocycles. The van der Waals surface area contributed by atoms with E-state index in [2.05, 4.69) is 20.4 Å². The zero-order valence-corrected chi connectivity index (χ0v) is 12.0. The van der Waals surface area contributed by atoms with Crippen molar-refractivity contribution in [1.29, 1.82) is 0 Å². The standard InChI is InChI=1S/C11H19N5OS/c1-11(2)9(17)15(4)5-6-16(11)7-8-13-14-10(12-3)18-8/h5-7H2,1-4H3,(H,12,14). The van der Waals surface area contributed by atoms with E-state index in [9.17, 15) is 4.79 Å². The van der Waals surface area contributed by atoms with Crippen LogP contribution in [0.5, 0.6) is 0 Å². The van der Waals surface area contributed by atoms with Crippen molar-refractivity contribution in [3.63, 3.8) is 0 Å². The Morgan fingerprint density at radius 3 is 2.72 bits per heavy atom. The largest absolute Gasteiger partial charge is 0.363 e. The van der Waals surface area contributed by atoms with Crippen molar-refractivity contribution in [3.8, 4) is 0 Å². The van der Waals surface area contributed by atoms with Crippen molar-refractivity contribution < 1.29 is 4.79 Å². The lowest BCUT2D eigenvalue weighted by atomic mass is 9.98. The summed E-state index contributed by atoms with van der Waals surface area (Å²) in [6.07, 6.45) is 0. The number of likely N-dealkylation sites (N-methyl/N-ethyl adjacent to an activating group) is 1. The molecule has 2 heterocycles. The molecule has 1 aromatic rings. The van der Waals surface area contributed by atoms with Crippen LogP contribution in [0.3, 0.4) is 0 Å². The van der Waals surface area contributed by atoms with Gasteiger partial charge in [-0.05, 0) is 13.8 Å². The Hall–Kier alpha value is -1.21. The van der Waals surface area contributed by atoms with Gasteiger partial charge in [0.2, 0.25) is 11.0 Å². The third kappa shape index (κ3) is 2.32. The first kappa shape index (κ1) is 13.2. The Morgan fingerprint density at radius 2 is 2.11 bits per heavy atom. The van der Waals surface area contributed by atoms with E-state index < -0.39 is 5.54 Å². The van der Waals surface area contributed by atoms with Crippen molar-refractivity contribution in [2.24, 2.45) is 0 Å². The Labute approximate surface area is 111 Å². The van der Waals surface area contributed by atoms with Gasteiger partial charge in [0.05, 0.1) is 12.1 Å². The SMILES string of the molecule is CNc1nnc(CN2CCN(C)C(=O)C2(C)C)s1. The van der Waals surface area contributed by atoms with Gasteiger partial charge in [0.15, 0.2) is 0 Å². The van der Waals surface area contributed by atoms with E-state index in [0.717, 1.165) is 23.2 Å². The lowest BCUT2D eigenvalue weighted by Crippen LogP contribution is -2.61. The molecule has 1 aliphatic rings. The van der Waals surface area contributed by atoms with Gasteiger partial charge in [0.1, 0.15) is 5.01 Å². The highest BCUT2D eigenvalue weighted by molar-refractivity contribution is 7.15. The van der Waals surface area contributed by atoms with Gasteiger partial charge in [-0.25, -0.2) is 0 Å². The molecule has 1 N–H and O–H groups in total. The molecule has 2 rings (SSSR count). The van der Waals surface area contributed by atoms with Crippen LogP contribution in [-0.4, -0.2) is 58.6 Å². The van der Waals surface area contributed by atoms with Crippen molar-refractivity contribution in [2.45, 2.75) is 25.9 Å². The van der Waals surface area contributed by atoms with Crippen molar-refractivity contribution in [1.82, 2.24) is 20.0 Å². The fourth-order valence-electron chi connectivity index (χ4n) is 2.11. The Bertz CT molecular complexity index is 444. The molecule has 0 aromatic carbocycles. The summed E-state index contributed by atoms with van der Waals surface area (Å²) < 4.78 is 0. The molecule has 18 heavy (non-hydrogen) atoms. The molecule has 6 nitrogen and oxygen atoms in total. The second kappa shape index (κ2) is 4.81. The molecule has 1 aliphatic heterocycles. The summed E-state index contributed by atoms with van der Waals surface area (Å²) in [5.74, 6) is 0.159. The Kier molecular flexibility index (Phi) is 3.54. The van der Waals surface area contributed by atoms with Crippen LogP contribution in [0.2, 0.25) is 0 Å².